The molecular weight excluding hydrogens is 360 g/mol. The summed E-state index contributed by atoms with van der Waals surface area (Å²) in [6.45, 7) is 3.83. The molecule has 148 valence electrons. The number of fused-ring (bicyclic) bond motifs is 1. The number of methoxy groups -OCH3 is 1. The lowest BCUT2D eigenvalue weighted by Gasteiger charge is -2.36. The highest BCUT2D eigenvalue weighted by atomic mass is 16.5. The molecule has 1 aromatic carbocycles. The monoisotopic (exact) mass is 384 g/mol. The zero-order valence-corrected chi connectivity index (χ0v) is 16.4. The van der Waals surface area contributed by atoms with Crippen molar-refractivity contribution in [3.05, 3.63) is 47.8 Å². The molecule has 3 atom stereocenters. The second-order valence-corrected chi connectivity index (χ2v) is 6.95. The van der Waals surface area contributed by atoms with Crippen molar-refractivity contribution in [3.63, 3.8) is 0 Å². The SMILES string of the molecule is CC[C@H](C)[C@H]1C(=O)Nc2ccccc2C(C(=O)OC)N1C(=O)c1cnn(C)c1. The van der Waals surface area contributed by atoms with Crippen LogP contribution < -0.4 is 5.32 Å². The van der Waals surface area contributed by atoms with Crippen LogP contribution in [0.3, 0.4) is 0 Å². The maximum absolute atomic E-state index is 13.5. The van der Waals surface area contributed by atoms with Gasteiger partial charge in [0, 0.05) is 24.5 Å². The van der Waals surface area contributed by atoms with Gasteiger partial charge in [-0.2, -0.15) is 5.10 Å². The Morgan fingerprint density at radius 1 is 1.32 bits per heavy atom. The summed E-state index contributed by atoms with van der Waals surface area (Å²) in [5.41, 5.74) is 1.32. The van der Waals surface area contributed by atoms with Crippen molar-refractivity contribution in [2.75, 3.05) is 12.4 Å². The smallest absolute Gasteiger partial charge is 0.333 e. The number of benzene rings is 1. The number of carbonyl (C=O) groups is 3. The molecule has 0 spiro atoms. The van der Waals surface area contributed by atoms with Crippen LogP contribution in [-0.2, 0) is 21.4 Å². The van der Waals surface area contributed by atoms with Crippen LogP contribution >= 0.6 is 0 Å². The number of rotatable bonds is 4. The highest BCUT2D eigenvalue weighted by molar-refractivity contribution is 6.05. The van der Waals surface area contributed by atoms with Crippen LogP contribution in [0.15, 0.2) is 36.7 Å². The summed E-state index contributed by atoms with van der Waals surface area (Å²) >= 11 is 0. The van der Waals surface area contributed by atoms with E-state index >= 15 is 0 Å². The lowest BCUT2D eigenvalue weighted by molar-refractivity contribution is -0.148. The number of anilines is 1. The lowest BCUT2D eigenvalue weighted by atomic mass is 9.94. The standard InChI is InChI=1S/C20H24N4O4/c1-5-12(2)16-18(25)22-15-9-7-6-8-14(15)17(20(27)28-4)24(16)19(26)13-10-21-23(3)11-13/h6-12,16-17H,5H2,1-4H3,(H,22,25)/t12-,16-,17?/m0/s1. The summed E-state index contributed by atoms with van der Waals surface area (Å²) in [6.07, 6.45) is 3.65. The van der Waals surface area contributed by atoms with E-state index in [4.69, 9.17) is 4.74 Å². The summed E-state index contributed by atoms with van der Waals surface area (Å²) in [7, 11) is 2.97. The molecule has 8 heteroatoms. The molecule has 1 unspecified atom stereocenters. The number of nitrogens with one attached hydrogen (secondary N) is 1. The first-order valence-electron chi connectivity index (χ1n) is 9.18. The second-order valence-electron chi connectivity index (χ2n) is 6.95. The van der Waals surface area contributed by atoms with Crippen molar-refractivity contribution in [1.29, 1.82) is 0 Å². The fraction of sp³-hybridized carbons (Fsp3) is 0.400. The molecule has 3 rings (SSSR count). The molecule has 1 N–H and O–H groups in total. The molecule has 2 heterocycles. The number of ether oxygens (including phenoxy) is 1. The van der Waals surface area contributed by atoms with Crippen molar-refractivity contribution >= 4 is 23.5 Å². The van der Waals surface area contributed by atoms with Crippen LogP contribution in [0.4, 0.5) is 5.69 Å². The Labute approximate surface area is 163 Å². The van der Waals surface area contributed by atoms with Gasteiger partial charge in [0.2, 0.25) is 5.91 Å². The van der Waals surface area contributed by atoms with E-state index in [0.717, 1.165) is 0 Å². The maximum atomic E-state index is 13.5. The predicted molar refractivity (Wildman–Crippen MR) is 102 cm³/mol. The molecule has 1 aliphatic rings. The van der Waals surface area contributed by atoms with Crippen LogP contribution in [0.1, 0.15) is 42.2 Å². The Kier molecular flexibility index (Phi) is 5.48. The van der Waals surface area contributed by atoms with Crippen molar-refractivity contribution in [2.45, 2.75) is 32.4 Å². The average Bonchev–Trinajstić information content (AvgIpc) is 3.08. The first kappa shape index (κ1) is 19.6. The Morgan fingerprint density at radius 3 is 2.64 bits per heavy atom. The molecule has 1 aliphatic heterocycles. The quantitative estimate of drug-likeness (QED) is 0.815. The summed E-state index contributed by atoms with van der Waals surface area (Å²) < 4.78 is 6.53. The third kappa shape index (κ3) is 3.37. The van der Waals surface area contributed by atoms with E-state index in [9.17, 15) is 14.4 Å². The van der Waals surface area contributed by atoms with Gasteiger partial charge < -0.3 is 15.0 Å². The minimum Gasteiger partial charge on any atom is -0.467 e. The Balaban J connectivity index is 2.23. The zero-order valence-electron chi connectivity index (χ0n) is 16.4. The molecule has 0 bridgehead atoms. The molecule has 0 aliphatic carbocycles. The Hall–Kier alpha value is -3.16. The summed E-state index contributed by atoms with van der Waals surface area (Å²) in [5, 5.41) is 6.93. The molecule has 0 radical (unpaired) electrons. The molecule has 0 saturated heterocycles. The van der Waals surface area contributed by atoms with Gasteiger partial charge in [-0.3, -0.25) is 14.3 Å². The van der Waals surface area contributed by atoms with Crippen LogP contribution in [0.2, 0.25) is 0 Å². The molecule has 2 amide bonds. The van der Waals surface area contributed by atoms with Crippen molar-refractivity contribution in [1.82, 2.24) is 14.7 Å². The third-order valence-corrected chi connectivity index (χ3v) is 5.15. The van der Waals surface area contributed by atoms with Gasteiger partial charge in [0.1, 0.15) is 6.04 Å². The third-order valence-electron chi connectivity index (χ3n) is 5.15. The minimum absolute atomic E-state index is 0.179. The summed E-state index contributed by atoms with van der Waals surface area (Å²) in [6, 6.07) is 5.08. The van der Waals surface area contributed by atoms with Gasteiger partial charge in [-0.15, -0.1) is 0 Å². The van der Waals surface area contributed by atoms with E-state index in [2.05, 4.69) is 10.4 Å². The minimum atomic E-state index is -1.05. The number of amides is 2. The van der Waals surface area contributed by atoms with E-state index in [1.165, 1.54) is 22.9 Å². The molecule has 2 aromatic rings. The highest BCUT2D eigenvalue weighted by Crippen LogP contribution is 2.37. The van der Waals surface area contributed by atoms with Gasteiger partial charge in [0.25, 0.3) is 5.91 Å². The van der Waals surface area contributed by atoms with E-state index in [0.29, 0.717) is 23.2 Å². The normalized spacial score (nSPS) is 20.0. The molecule has 8 nitrogen and oxygen atoms in total. The summed E-state index contributed by atoms with van der Waals surface area (Å²) in [4.78, 5) is 40.7. The van der Waals surface area contributed by atoms with Gasteiger partial charge in [0.15, 0.2) is 6.04 Å². The molecule has 1 aromatic heterocycles. The van der Waals surface area contributed by atoms with Gasteiger partial charge >= 0.3 is 5.97 Å². The van der Waals surface area contributed by atoms with Crippen molar-refractivity contribution in [3.8, 4) is 0 Å². The van der Waals surface area contributed by atoms with Crippen molar-refractivity contribution in [2.24, 2.45) is 13.0 Å². The number of hydrogen-bond donors (Lipinski definition) is 1. The van der Waals surface area contributed by atoms with Crippen LogP contribution in [-0.4, -0.2) is 45.6 Å². The van der Waals surface area contributed by atoms with E-state index in [1.807, 2.05) is 13.8 Å². The van der Waals surface area contributed by atoms with Crippen LogP contribution in [0.25, 0.3) is 0 Å². The fourth-order valence-electron chi connectivity index (χ4n) is 3.53. The number of hydrogen-bond acceptors (Lipinski definition) is 5. The van der Waals surface area contributed by atoms with Crippen LogP contribution in [0, 0.1) is 5.92 Å². The molecule has 0 saturated carbocycles. The van der Waals surface area contributed by atoms with Crippen LogP contribution in [0.5, 0.6) is 0 Å². The first-order valence-corrected chi connectivity index (χ1v) is 9.18. The van der Waals surface area contributed by atoms with E-state index in [-0.39, 0.29) is 11.8 Å². The van der Waals surface area contributed by atoms with E-state index in [1.54, 1.807) is 37.5 Å². The Morgan fingerprint density at radius 2 is 2.04 bits per heavy atom. The number of carbonyl (C=O) groups excluding carboxylic acids is 3. The zero-order chi connectivity index (χ0) is 20.4. The number of aryl methyl sites for hydroxylation is 1. The average molecular weight is 384 g/mol. The largest absolute Gasteiger partial charge is 0.467 e. The predicted octanol–water partition coefficient (Wildman–Crippen LogP) is 2.14. The molecule has 0 fully saturated rings. The van der Waals surface area contributed by atoms with Crippen molar-refractivity contribution < 1.29 is 19.1 Å². The summed E-state index contributed by atoms with van der Waals surface area (Å²) in [5.74, 6) is -1.55. The lowest BCUT2D eigenvalue weighted by Crippen LogP contribution is -2.52. The van der Waals surface area contributed by atoms with Gasteiger partial charge in [-0.05, 0) is 12.0 Å². The second kappa shape index (κ2) is 7.84. The number of esters is 1. The maximum Gasteiger partial charge on any atom is 0.333 e. The van der Waals surface area contributed by atoms with Gasteiger partial charge in [-0.1, -0.05) is 38.5 Å². The Bertz CT molecular complexity index is 907. The van der Waals surface area contributed by atoms with Gasteiger partial charge in [-0.25, -0.2) is 4.79 Å². The number of para-hydroxylation sites is 1. The van der Waals surface area contributed by atoms with Gasteiger partial charge in [0.05, 0.1) is 18.9 Å². The number of aromatic nitrogens is 2. The highest BCUT2D eigenvalue weighted by Gasteiger charge is 2.46. The molecule has 28 heavy (non-hydrogen) atoms. The topological polar surface area (TPSA) is 93.5 Å². The van der Waals surface area contributed by atoms with E-state index < -0.39 is 24.0 Å². The number of nitrogens with zero attached hydrogens (tertiary/aromatic N) is 3. The fourth-order valence-corrected chi connectivity index (χ4v) is 3.53. The first-order chi connectivity index (χ1) is 13.4. The molecular formula is C20H24N4O4.